The Kier molecular flexibility index (Phi) is 5.98. The van der Waals surface area contributed by atoms with E-state index in [9.17, 15) is 14.4 Å². The van der Waals surface area contributed by atoms with Crippen molar-refractivity contribution < 1.29 is 13.9 Å². The lowest BCUT2D eigenvalue weighted by Crippen LogP contribution is -2.44. The maximum atomic E-state index is 13.3. The number of piperidine rings is 1. The topological polar surface area (TPSA) is 99.6 Å². The van der Waals surface area contributed by atoms with Crippen molar-refractivity contribution in [1.82, 2.24) is 19.0 Å². The summed E-state index contributed by atoms with van der Waals surface area (Å²) in [5.41, 5.74) is -0.0138. The van der Waals surface area contributed by atoms with Gasteiger partial charge in [-0.05, 0) is 25.3 Å². The molecule has 1 aromatic carbocycles. The van der Waals surface area contributed by atoms with Gasteiger partial charge in [-0.25, -0.2) is 9.78 Å². The number of benzene rings is 1. The number of para-hydroxylation sites is 1. The van der Waals surface area contributed by atoms with E-state index in [0.717, 1.165) is 28.7 Å². The molecule has 9 heteroatoms. The van der Waals surface area contributed by atoms with E-state index in [4.69, 9.17) is 9.15 Å². The molecule has 3 aromatic rings. The van der Waals surface area contributed by atoms with Crippen molar-refractivity contribution in [2.45, 2.75) is 31.7 Å². The molecule has 1 aliphatic heterocycles. The minimum absolute atomic E-state index is 0.0609. The van der Waals surface area contributed by atoms with Crippen molar-refractivity contribution in [2.75, 3.05) is 13.7 Å². The van der Waals surface area contributed by atoms with Gasteiger partial charge >= 0.3 is 5.69 Å². The van der Waals surface area contributed by atoms with Gasteiger partial charge in [0.15, 0.2) is 0 Å². The molecule has 0 unspecified atom stereocenters. The van der Waals surface area contributed by atoms with E-state index in [0.29, 0.717) is 31.0 Å². The van der Waals surface area contributed by atoms with Gasteiger partial charge in [0.1, 0.15) is 23.2 Å². The molecule has 0 N–H and O–H groups in total. The lowest BCUT2D eigenvalue weighted by atomic mass is 10.0. The second-order valence-electron chi connectivity index (χ2n) is 7.93. The van der Waals surface area contributed by atoms with Crippen LogP contribution in [0.1, 0.15) is 53.0 Å². The Morgan fingerprint density at radius 2 is 1.97 bits per heavy atom. The predicted molar refractivity (Wildman–Crippen MR) is 117 cm³/mol. The molecular formula is C23H26N4O5. The highest BCUT2D eigenvalue weighted by Crippen LogP contribution is 2.32. The number of oxazole rings is 1. The molecule has 1 aliphatic rings. The molecule has 1 fully saturated rings. The van der Waals surface area contributed by atoms with Gasteiger partial charge in [-0.15, -0.1) is 0 Å². The lowest BCUT2D eigenvalue weighted by Gasteiger charge is -2.34. The number of aromatic nitrogens is 3. The molecule has 2 aromatic heterocycles. The Balaban J connectivity index is 1.62. The van der Waals surface area contributed by atoms with Crippen LogP contribution in [0.5, 0.6) is 5.75 Å². The standard InChI is InChI=1S/C23H26N4O5/c1-25-18(13-20(28)26(2)23(25)30)22(29)27-11-7-6-9-17(27)21-24-14-16(32-21)12-15-8-4-5-10-19(15)31-3/h4-5,8,10,13-14,17H,6-7,9,11-12H2,1-3H3/t17-/m0/s1. The summed E-state index contributed by atoms with van der Waals surface area (Å²) in [6.07, 6.45) is 4.64. The minimum Gasteiger partial charge on any atom is -0.496 e. The lowest BCUT2D eigenvalue weighted by molar-refractivity contribution is 0.0557. The third-order valence-electron chi connectivity index (χ3n) is 5.92. The highest BCUT2D eigenvalue weighted by atomic mass is 16.5. The molecule has 0 saturated carbocycles. The van der Waals surface area contributed by atoms with E-state index in [1.165, 1.54) is 24.7 Å². The number of nitrogens with zero attached hydrogens (tertiary/aromatic N) is 4. The monoisotopic (exact) mass is 438 g/mol. The van der Waals surface area contributed by atoms with Gasteiger partial charge < -0.3 is 14.1 Å². The molecule has 0 bridgehead atoms. The van der Waals surface area contributed by atoms with Crippen molar-refractivity contribution in [3.8, 4) is 5.75 Å². The number of amides is 1. The first-order valence-corrected chi connectivity index (χ1v) is 10.5. The van der Waals surface area contributed by atoms with Crippen LogP contribution in [0.15, 0.2) is 50.5 Å². The number of rotatable bonds is 5. The summed E-state index contributed by atoms with van der Waals surface area (Å²) in [5, 5.41) is 0. The van der Waals surface area contributed by atoms with Gasteiger partial charge in [-0.2, -0.15) is 0 Å². The Morgan fingerprint density at radius 1 is 1.19 bits per heavy atom. The smallest absolute Gasteiger partial charge is 0.331 e. The SMILES string of the molecule is COc1ccccc1Cc1cnc([C@@H]2CCCCN2C(=O)c2cc(=O)n(C)c(=O)n2C)o1. The average Bonchev–Trinajstić information content (AvgIpc) is 3.28. The Labute approximate surface area is 184 Å². The molecule has 0 spiro atoms. The van der Waals surface area contributed by atoms with Gasteiger partial charge in [0.05, 0.1) is 13.3 Å². The van der Waals surface area contributed by atoms with E-state index >= 15 is 0 Å². The first kappa shape index (κ1) is 21.6. The number of hydrogen-bond acceptors (Lipinski definition) is 6. The molecule has 1 amide bonds. The Hall–Kier alpha value is -3.62. The van der Waals surface area contributed by atoms with Crippen molar-refractivity contribution in [2.24, 2.45) is 14.1 Å². The molecule has 32 heavy (non-hydrogen) atoms. The molecule has 3 heterocycles. The summed E-state index contributed by atoms with van der Waals surface area (Å²) in [7, 11) is 4.50. The van der Waals surface area contributed by atoms with E-state index in [-0.39, 0.29) is 17.6 Å². The van der Waals surface area contributed by atoms with E-state index in [2.05, 4.69) is 4.98 Å². The van der Waals surface area contributed by atoms with Crippen molar-refractivity contribution >= 4 is 5.91 Å². The number of methoxy groups -OCH3 is 1. The van der Waals surface area contributed by atoms with Crippen molar-refractivity contribution in [3.05, 3.63) is 80.3 Å². The summed E-state index contributed by atoms with van der Waals surface area (Å²) < 4.78 is 13.6. The van der Waals surface area contributed by atoms with E-state index in [1.807, 2.05) is 24.3 Å². The van der Waals surface area contributed by atoms with E-state index in [1.54, 1.807) is 18.2 Å². The molecule has 1 saturated heterocycles. The van der Waals surface area contributed by atoms with Crippen LogP contribution in [0.25, 0.3) is 0 Å². The average molecular weight is 438 g/mol. The van der Waals surface area contributed by atoms with E-state index < -0.39 is 11.2 Å². The zero-order valence-electron chi connectivity index (χ0n) is 18.4. The van der Waals surface area contributed by atoms with Gasteiger partial charge in [0.25, 0.3) is 11.5 Å². The number of hydrogen-bond donors (Lipinski definition) is 0. The molecule has 9 nitrogen and oxygen atoms in total. The molecule has 0 radical (unpaired) electrons. The van der Waals surface area contributed by atoms with Gasteiger partial charge in [0.2, 0.25) is 5.89 Å². The normalized spacial score (nSPS) is 16.2. The predicted octanol–water partition coefficient (Wildman–Crippen LogP) is 2.04. The van der Waals surface area contributed by atoms with Gasteiger partial charge in [-0.1, -0.05) is 18.2 Å². The zero-order chi connectivity index (χ0) is 22.8. The maximum Gasteiger partial charge on any atom is 0.331 e. The van der Waals surface area contributed by atoms with Crippen molar-refractivity contribution in [3.63, 3.8) is 0 Å². The quantitative estimate of drug-likeness (QED) is 0.604. The van der Waals surface area contributed by atoms with Crippen LogP contribution >= 0.6 is 0 Å². The summed E-state index contributed by atoms with van der Waals surface area (Å²) in [6.45, 7) is 0.497. The second kappa shape index (κ2) is 8.86. The van der Waals surface area contributed by atoms with Crippen LogP contribution in [-0.2, 0) is 20.5 Å². The molecule has 0 aliphatic carbocycles. The van der Waals surface area contributed by atoms with Gasteiger partial charge in [0, 0.05) is 38.7 Å². The summed E-state index contributed by atoms with van der Waals surface area (Å²) in [5.74, 6) is 1.52. The van der Waals surface area contributed by atoms with Crippen LogP contribution in [-0.4, -0.2) is 38.6 Å². The second-order valence-corrected chi connectivity index (χ2v) is 7.93. The fourth-order valence-electron chi connectivity index (χ4n) is 4.11. The minimum atomic E-state index is -0.537. The van der Waals surface area contributed by atoms with Crippen molar-refractivity contribution in [1.29, 1.82) is 0 Å². The largest absolute Gasteiger partial charge is 0.496 e. The molecule has 4 rings (SSSR count). The molecule has 1 atom stereocenters. The van der Waals surface area contributed by atoms with Crippen LogP contribution < -0.4 is 16.0 Å². The maximum absolute atomic E-state index is 13.3. The number of likely N-dealkylation sites (tertiary alicyclic amines) is 1. The van der Waals surface area contributed by atoms with Crippen LogP contribution in [0.4, 0.5) is 0 Å². The third-order valence-corrected chi connectivity index (χ3v) is 5.92. The van der Waals surface area contributed by atoms with Crippen LogP contribution in [0.2, 0.25) is 0 Å². The summed E-state index contributed by atoms with van der Waals surface area (Å²) >= 11 is 0. The highest BCUT2D eigenvalue weighted by molar-refractivity contribution is 5.92. The number of ether oxygens (including phenoxy) is 1. The van der Waals surface area contributed by atoms with Crippen LogP contribution in [0.3, 0.4) is 0 Å². The van der Waals surface area contributed by atoms with Crippen LogP contribution in [0, 0.1) is 0 Å². The Bertz CT molecular complexity index is 1260. The fourth-order valence-corrected chi connectivity index (χ4v) is 4.11. The highest BCUT2D eigenvalue weighted by Gasteiger charge is 2.33. The number of carbonyl (C=O) groups is 1. The molecule has 168 valence electrons. The summed E-state index contributed by atoms with van der Waals surface area (Å²) in [6, 6.07) is 8.55. The number of carbonyl (C=O) groups excluding carboxylic acids is 1. The molecular weight excluding hydrogens is 412 g/mol. The van der Waals surface area contributed by atoms with Gasteiger partial charge in [-0.3, -0.25) is 18.7 Å². The summed E-state index contributed by atoms with van der Waals surface area (Å²) in [4.78, 5) is 43.8. The zero-order valence-corrected chi connectivity index (χ0v) is 18.4. The first-order valence-electron chi connectivity index (χ1n) is 10.5. The fraction of sp³-hybridized carbons (Fsp3) is 0.391. The first-order chi connectivity index (χ1) is 15.4. The third kappa shape index (κ3) is 3.98. The Morgan fingerprint density at radius 3 is 2.75 bits per heavy atom.